The summed E-state index contributed by atoms with van der Waals surface area (Å²) in [6, 6.07) is 8.76. The molecule has 0 radical (unpaired) electrons. The summed E-state index contributed by atoms with van der Waals surface area (Å²) in [6.45, 7) is 12.2. The number of fused-ring (bicyclic) bond motifs is 1. The van der Waals surface area contributed by atoms with Crippen molar-refractivity contribution in [1.29, 1.82) is 0 Å². The Bertz CT molecular complexity index is 1540. The Hall–Kier alpha value is -3.37. The van der Waals surface area contributed by atoms with Gasteiger partial charge in [-0.25, -0.2) is 23.5 Å². The fraction of sp³-hybridized carbons (Fsp3) is 0.647. The topological polar surface area (TPSA) is 245 Å². The third-order valence-electron chi connectivity index (χ3n) is 9.53. The van der Waals surface area contributed by atoms with Crippen molar-refractivity contribution in [2.75, 3.05) is 64.4 Å². The SMILES string of the molecule is CC(C)c1ccc(-c2cn3nc(N4CCC(CN5CCN(C)CC5)CC4)sc3n2)cc1.O=C(O)[C@H](O)[C@@H](O)C(=O)O.OC[C@H]1OC(O)[C@H](F)[C@@H](O)[C@@H]1O. The number of hydrogen-bond acceptors (Lipinski definition) is 15. The number of imidazole rings is 1. The van der Waals surface area contributed by atoms with Gasteiger partial charge in [0.2, 0.25) is 10.1 Å². The average Bonchev–Trinajstić information content (AvgIpc) is 3.73. The van der Waals surface area contributed by atoms with Crippen molar-refractivity contribution in [2.45, 2.75) is 75.6 Å². The first kappa shape index (κ1) is 42.4. The molecule has 3 aliphatic rings. The number of hydrogen-bond donors (Lipinski definition) is 8. The van der Waals surface area contributed by atoms with E-state index in [0.717, 1.165) is 40.4 Å². The number of likely N-dealkylation sites (N-methyl/N-ethyl adjacent to an activating group) is 1. The smallest absolute Gasteiger partial charge is 0.335 e. The normalized spacial score (nSPS) is 25.6. The molecule has 53 heavy (non-hydrogen) atoms. The van der Waals surface area contributed by atoms with Crippen molar-refractivity contribution < 1.29 is 59.6 Å². The van der Waals surface area contributed by atoms with Gasteiger partial charge < -0.3 is 60.3 Å². The van der Waals surface area contributed by atoms with Crippen LogP contribution in [0.3, 0.4) is 0 Å². The minimum absolute atomic E-state index is 0.550. The molecule has 3 aliphatic heterocycles. The van der Waals surface area contributed by atoms with Crippen LogP contribution in [-0.2, 0) is 14.3 Å². The van der Waals surface area contributed by atoms with Crippen molar-refractivity contribution in [1.82, 2.24) is 24.4 Å². The lowest BCUT2D eigenvalue weighted by molar-refractivity contribution is -0.271. The average molecular weight is 771 g/mol. The fourth-order valence-electron chi connectivity index (χ4n) is 6.03. The molecule has 3 saturated heterocycles. The molecule has 3 fully saturated rings. The Morgan fingerprint density at radius 3 is 2.04 bits per heavy atom. The van der Waals surface area contributed by atoms with Gasteiger partial charge in [-0.1, -0.05) is 49.4 Å². The molecule has 0 amide bonds. The summed E-state index contributed by atoms with van der Waals surface area (Å²) in [4.78, 5) is 32.9. The van der Waals surface area contributed by atoms with Crippen LogP contribution in [0.1, 0.15) is 38.2 Å². The van der Waals surface area contributed by atoms with E-state index in [9.17, 15) is 14.0 Å². The van der Waals surface area contributed by atoms with Crippen molar-refractivity contribution in [3.63, 3.8) is 0 Å². The Morgan fingerprint density at radius 1 is 0.943 bits per heavy atom. The van der Waals surface area contributed by atoms with Crippen molar-refractivity contribution in [3.05, 3.63) is 36.0 Å². The number of carboxylic acids is 2. The molecule has 17 nitrogen and oxygen atoms in total. The van der Waals surface area contributed by atoms with Crippen LogP contribution in [0, 0.1) is 5.92 Å². The zero-order valence-electron chi connectivity index (χ0n) is 29.9. The van der Waals surface area contributed by atoms with Gasteiger partial charge in [-0.05, 0) is 37.3 Å². The van der Waals surface area contributed by atoms with Crippen LogP contribution < -0.4 is 4.90 Å². The highest BCUT2D eigenvalue weighted by Gasteiger charge is 2.43. The lowest BCUT2D eigenvalue weighted by atomic mass is 9.96. The van der Waals surface area contributed by atoms with Crippen LogP contribution in [0.2, 0.25) is 0 Å². The Kier molecular flexibility index (Phi) is 15.4. The van der Waals surface area contributed by atoms with Gasteiger partial charge in [-0.15, -0.1) is 5.10 Å². The van der Waals surface area contributed by atoms with Crippen LogP contribution in [0.5, 0.6) is 0 Å². The number of alkyl halides is 1. The fourth-order valence-corrected chi connectivity index (χ4v) is 6.97. The number of aliphatic hydroxyl groups excluding tert-OH is 6. The molecular weight excluding hydrogens is 719 g/mol. The van der Waals surface area contributed by atoms with E-state index >= 15 is 0 Å². The first-order chi connectivity index (χ1) is 25.1. The van der Waals surface area contributed by atoms with Gasteiger partial charge in [-0.3, -0.25) is 0 Å². The van der Waals surface area contributed by atoms with E-state index in [1.807, 2.05) is 4.52 Å². The minimum atomic E-state index is -2.27. The Morgan fingerprint density at radius 2 is 1.53 bits per heavy atom. The highest BCUT2D eigenvalue weighted by Crippen LogP contribution is 2.30. The second-order valence-corrected chi connectivity index (χ2v) is 14.7. The van der Waals surface area contributed by atoms with E-state index in [4.69, 9.17) is 50.9 Å². The minimum Gasteiger partial charge on any atom is -0.479 e. The molecule has 6 rings (SSSR count). The lowest BCUT2D eigenvalue weighted by Crippen LogP contribution is -2.56. The lowest BCUT2D eigenvalue weighted by Gasteiger charge is -2.37. The molecule has 8 N–H and O–H groups in total. The van der Waals surface area contributed by atoms with Gasteiger partial charge in [0.05, 0.1) is 18.5 Å². The monoisotopic (exact) mass is 770 g/mol. The number of carboxylic acid groups (broad SMARTS) is 2. The van der Waals surface area contributed by atoms with Crippen molar-refractivity contribution >= 4 is 33.4 Å². The summed E-state index contributed by atoms with van der Waals surface area (Å²) in [6.07, 6.45) is -8.12. The highest BCUT2D eigenvalue weighted by atomic mass is 32.1. The molecule has 5 heterocycles. The van der Waals surface area contributed by atoms with Gasteiger partial charge in [-0.2, -0.15) is 0 Å². The standard InChI is InChI=1S/C24H34N6S.C6H11FO5.C4H6O6/c1-18(2)20-4-6-21(7-5-20)22-17-30-23(25-22)31-24(26-30)29-10-8-19(9-11-29)16-28-14-12-27(3)13-15-28;7-3-5(10)4(9)2(1-8)12-6(3)11;5-1(3(7)8)2(6)4(9)10/h4-7,17-19H,8-16H2,1-3H3;2-6,8-11H,1H2;1-2,5-6H,(H,7,8)(H,9,10)/t;2-,3-,4-,5-,6?;1-,2-/m.11/s1. The van der Waals surface area contributed by atoms with Gasteiger partial charge in [0.15, 0.2) is 24.7 Å². The summed E-state index contributed by atoms with van der Waals surface area (Å²) < 4.78 is 19.1. The zero-order valence-corrected chi connectivity index (χ0v) is 30.7. The third-order valence-corrected chi connectivity index (χ3v) is 10.5. The number of carbonyl (C=O) groups is 2. The molecule has 0 bridgehead atoms. The number of aliphatic hydroxyl groups is 6. The second kappa shape index (κ2) is 19.3. The predicted molar refractivity (Wildman–Crippen MR) is 191 cm³/mol. The van der Waals surface area contributed by atoms with Gasteiger partial charge in [0.1, 0.15) is 18.3 Å². The maximum Gasteiger partial charge on any atom is 0.335 e. The van der Waals surface area contributed by atoms with Crippen molar-refractivity contribution in [3.8, 4) is 11.3 Å². The third kappa shape index (κ3) is 11.3. The van der Waals surface area contributed by atoms with Crippen LogP contribution >= 0.6 is 11.3 Å². The van der Waals surface area contributed by atoms with E-state index in [1.165, 1.54) is 51.1 Å². The number of piperazine rings is 1. The molecule has 2 aromatic heterocycles. The Balaban J connectivity index is 0.000000234. The first-order valence-electron chi connectivity index (χ1n) is 17.5. The second-order valence-electron chi connectivity index (χ2n) is 13.8. The van der Waals surface area contributed by atoms with E-state index in [0.29, 0.717) is 5.92 Å². The quantitative estimate of drug-likeness (QED) is 0.139. The van der Waals surface area contributed by atoms with Crippen LogP contribution in [0.25, 0.3) is 16.2 Å². The first-order valence-corrected chi connectivity index (χ1v) is 18.3. The van der Waals surface area contributed by atoms with Crippen LogP contribution in [-0.4, -0.2) is 180 Å². The molecule has 0 saturated carbocycles. The predicted octanol–water partition coefficient (Wildman–Crippen LogP) is -0.322. The molecule has 1 unspecified atom stereocenters. The van der Waals surface area contributed by atoms with E-state index < -0.39 is 61.5 Å². The number of piperidine rings is 1. The number of ether oxygens (including phenoxy) is 1. The summed E-state index contributed by atoms with van der Waals surface area (Å²) in [5.41, 5.74) is 3.53. The molecule has 1 aromatic carbocycles. The van der Waals surface area contributed by atoms with Gasteiger partial charge in [0.25, 0.3) is 0 Å². The number of anilines is 1. The number of nitrogens with zero attached hydrogens (tertiary/aromatic N) is 6. The van der Waals surface area contributed by atoms with Gasteiger partial charge >= 0.3 is 11.9 Å². The molecule has 19 heteroatoms. The van der Waals surface area contributed by atoms with Crippen molar-refractivity contribution in [2.24, 2.45) is 5.92 Å². The number of rotatable bonds is 9. The van der Waals surface area contributed by atoms with E-state index in [-0.39, 0.29) is 0 Å². The maximum absolute atomic E-state index is 12.7. The van der Waals surface area contributed by atoms with E-state index in [1.54, 1.807) is 11.3 Å². The molecule has 0 aliphatic carbocycles. The summed E-state index contributed by atoms with van der Waals surface area (Å²) >= 11 is 1.72. The largest absolute Gasteiger partial charge is 0.479 e. The van der Waals surface area contributed by atoms with E-state index in [2.05, 4.69) is 70.8 Å². The Labute approximate surface area is 310 Å². The molecule has 7 atom stereocenters. The molecule has 0 spiro atoms. The zero-order chi connectivity index (χ0) is 39.0. The number of aromatic nitrogens is 3. The van der Waals surface area contributed by atoms with Crippen LogP contribution in [0.15, 0.2) is 30.5 Å². The summed E-state index contributed by atoms with van der Waals surface area (Å²) in [5, 5.41) is 73.8. The van der Waals surface area contributed by atoms with Crippen LogP contribution in [0.4, 0.5) is 9.52 Å². The number of aliphatic carboxylic acids is 2. The number of benzene rings is 1. The summed E-state index contributed by atoms with van der Waals surface area (Å²) in [5.74, 6) is -2.16. The molecule has 3 aromatic rings. The molecular formula is C34H51FN6O11S. The summed E-state index contributed by atoms with van der Waals surface area (Å²) in [7, 11) is 2.23. The number of halogens is 1. The van der Waals surface area contributed by atoms with Gasteiger partial charge in [0, 0.05) is 51.4 Å². The molecule has 296 valence electrons. The maximum atomic E-state index is 12.7. The highest BCUT2D eigenvalue weighted by molar-refractivity contribution is 7.20.